The lowest BCUT2D eigenvalue weighted by Gasteiger charge is -2.09. The molecule has 0 spiro atoms. The van der Waals surface area contributed by atoms with Crippen molar-refractivity contribution >= 4 is 40.7 Å². The molecule has 0 fully saturated rings. The molecule has 2 aromatic carbocycles. The van der Waals surface area contributed by atoms with E-state index in [0.29, 0.717) is 5.56 Å². The molecule has 1 amide bonds. The first kappa shape index (κ1) is 18.0. The van der Waals surface area contributed by atoms with Crippen LogP contribution in [0.15, 0.2) is 48.5 Å². The highest BCUT2D eigenvalue weighted by molar-refractivity contribution is 7.80. The van der Waals surface area contributed by atoms with E-state index < -0.39 is 10.8 Å². The van der Waals surface area contributed by atoms with Gasteiger partial charge in [-0.2, -0.15) is 0 Å². The topological polar surface area (TPSA) is 104 Å². The highest BCUT2D eigenvalue weighted by Crippen LogP contribution is 2.27. The van der Waals surface area contributed by atoms with Gasteiger partial charge in [-0.1, -0.05) is 12.1 Å². The second kappa shape index (κ2) is 7.97. The van der Waals surface area contributed by atoms with Gasteiger partial charge in [-0.05, 0) is 42.1 Å². The third-order valence-electron chi connectivity index (χ3n) is 2.97. The molecule has 0 atom stereocenters. The van der Waals surface area contributed by atoms with Crippen LogP contribution >= 0.6 is 12.2 Å². The average Bonchev–Trinajstić information content (AvgIpc) is 2.56. The summed E-state index contributed by atoms with van der Waals surface area (Å²) in [6.45, 7) is 0. The molecule has 7 nitrogen and oxygen atoms in total. The summed E-state index contributed by atoms with van der Waals surface area (Å²) >= 11 is 4.93. The maximum absolute atomic E-state index is 12.8. The number of aromatic hydroxyl groups is 1. The Morgan fingerprint density at radius 2 is 1.92 bits per heavy atom. The molecule has 2 aromatic rings. The van der Waals surface area contributed by atoms with E-state index in [0.717, 1.165) is 6.07 Å². The van der Waals surface area contributed by atoms with Gasteiger partial charge in [-0.3, -0.25) is 20.2 Å². The van der Waals surface area contributed by atoms with Crippen LogP contribution in [0, 0.1) is 15.9 Å². The lowest BCUT2D eigenvalue weighted by atomic mass is 10.2. The van der Waals surface area contributed by atoms with Crippen LogP contribution in [0.2, 0.25) is 0 Å². The Hall–Kier alpha value is -3.33. The SMILES string of the molecule is O=C(C=Cc1ccc(F)cc1)NC(=S)Nc1ccc([N+](=O)[O-])cc1O. The Morgan fingerprint density at radius 1 is 1.24 bits per heavy atom. The first-order chi connectivity index (χ1) is 11.8. The van der Waals surface area contributed by atoms with Crippen molar-refractivity contribution in [1.82, 2.24) is 5.32 Å². The Morgan fingerprint density at radius 3 is 2.52 bits per heavy atom. The van der Waals surface area contributed by atoms with Gasteiger partial charge in [0.05, 0.1) is 16.7 Å². The zero-order valence-corrected chi connectivity index (χ0v) is 13.4. The molecule has 0 radical (unpaired) electrons. The van der Waals surface area contributed by atoms with Crippen LogP contribution in [0.3, 0.4) is 0 Å². The molecule has 2 rings (SSSR count). The van der Waals surface area contributed by atoms with Crippen molar-refractivity contribution in [2.45, 2.75) is 0 Å². The molecule has 0 saturated carbocycles. The maximum Gasteiger partial charge on any atom is 0.273 e. The predicted molar refractivity (Wildman–Crippen MR) is 94.6 cm³/mol. The Bertz CT molecular complexity index is 853. The number of rotatable bonds is 4. The first-order valence-electron chi connectivity index (χ1n) is 6.88. The number of carbonyl (C=O) groups excluding carboxylic acids is 1. The molecule has 0 heterocycles. The van der Waals surface area contributed by atoms with Gasteiger partial charge in [0, 0.05) is 12.1 Å². The minimum absolute atomic E-state index is 0.0992. The quantitative estimate of drug-likeness (QED) is 0.254. The molecule has 9 heteroatoms. The number of thiocarbonyl (C=S) groups is 1. The monoisotopic (exact) mass is 361 g/mol. The summed E-state index contributed by atoms with van der Waals surface area (Å²) in [6.07, 6.45) is 2.68. The average molecular weight is 361 g/mol. The van der Waals surface area contributed by atoms with Crippen LogP contribution < -0.4 is 10.6 Å². The molecule has 3 N–H and O–H groups in total. The number of nitrogens with one attached hydrogen (secondary N) is 2. The van der Waals surface area contributed by atoms with Gasteiger partial charge in [0.15, 0.2) is 5.11 Å². The molecule has 0 aliphatic heterocycles. The molecule has 0 bridgehead atoms. The molecule has 128 valence electrons. The number of hydrogen-bond acceptors (Lipinski definition) is 5. The van der Waals surface area contributed by atoms with Crippen LogP contribution in [0.25, 0.3) is 6.08 Å². The number of anilines is 1. The smallest absolute Gasteiger partial charge is 0.273 e. The number of hydrogen-bond donors (Lipinski definition) is 3. The predicted octanol–water partition coefficient (Wildman–Crippen LogP) is 2.97. The molecule has 0 unspecified atom stereocenters. The van der Waals surface area contributed by atoms with Gasteiger partial charge in [0.1, 0.15) is 11.6 Å². The normalized spacial score (nSPS) is 10.4. The summed E-state index contributed by atoms with van der Waals surface area (Å²) in [5, 5.41) is 25.1. The Labute approximate surface area is 146 Å². The molecule has 0 saturated heterocycles. The fourth-order valence-corrected chi connectivity index (χ4v) is 2.00. The number of non-ortho nitro benzene ring substituents is 1. The van der Waals surface area contributed by atoms with Crippen molar-refractivity contribution in [3.8, 4) is 5.75 Å². The third-order valence-corrected chi connectivity index (χ3v) is 3.18. The van der Waals surface area contributed by atoms with Crippen molar-refractivity contribution in [1.29, 1.82) is 0 Å². The maximum atomic E-state index is 12.8. The zero-order chi connectivity index (χ0) is 18.4. The van der Waals surface area contributed by atoms with Gasteiger partial charge in [-0.15, -0.1) is 0 Å². The van der Waals surface area contributed by atoms with Crippen molar-refractivity contribution < 1.29 is 19.2 Å². The third kappa shape index (κ3) is 5.36. The van der Waals surface area contributed by atoms with E-state index in [1.165, 1.54) is 48.6 Å². The highest BCUT2D eigenvalue weighted by Gasteiger charge is 2.11. The molecular weight excluding hydrogens is 349 g/mol. The van der Waals surface area contributed by atoms with E-state index in [4.69, 9.17) is 12.2 Å². The van der Waals surface area contributed by atoms with Crippen LogP contribution in [0.4, 0.5) is 15.8 Å². The fourth-order valence-electron chi connectivity index (χ4n) is 1.79. The van der Waals surface area contributed by atoms with Gasteiger partial charge in [-0.25, -0.2) is 4.39 Å². The van der Waals surface area contributed by atoms with Crippen LogP contribution in [0.5, 0.6) is 5.75 Å². The van der Waals surface area contributed by atoms with Crippen molar-refractivity contribution in [3.05, 3.63) is 70.0 Å². The second-order valence-electron chi connectivity index (χ2n) is 4.79. The summed E-state index contributed by atoms with van der Waals surface area (Å²) < 4.78 is 12.8. The lowest BCUT2D eigenvalue weighted by molar-refractivity contribution is -0.384. The number of nitro groups is 1. The Balaban J connectivity index is 1.94. The zero-order valence-electron chi connectivity index (χ0n) is 12.6. The van der Waals surface area contributed by atoms with Crippen LogP contribution in [-0.4, -0.2) is 21.0 Å². The van der Waals surface area contributed by atoms with Gasteiger partial charge in [0.2, 0.25) is 5.91 Å². The van der Waals surface area contributed by atoms with Gasteiger partial charge in [0.25, 0.3) is 5.69 Å². The molecule has 0 aliphatic rings. The van der Waals surface area contributed by atoms with Crippen LogP contribution in [0.1, 0.15) is 5.56 Å². The number of nitrogens with zero attached hydrogens (tertiary/aromatic N) is 1. The number of benzene rings is 2. The largest absolute Gasteiger partial charge is 0.506 e. The number of nitro benzene ring substituents is 1. The number of amides is 1. The second-order valence-corrected chi connectivity index (χ2v) is 5.20. The molecule has 0 aliphatic carbocycles. The van der Waals surface area contributed by atoms with Gasteiger partial charge < -0.3 is 10.4 Å². The number of phenolic OH excluding ortho intramolecular Hbond substituents is 1. The van der Waals surface area contributed by atoms with Crippen molar-refractivity contribution in [2.24, 2.45) is 0 Å². The standard InChI is InChI=1S/C16H12FN3O4S/c17-11-4-1-10(2-5-11)3-8-15(22)19-16(25)18-13-7-6-12(20(23)24)9-14(13)21/h1-9,21H,(H2,18,19,22,25). The van der Waals surface area contributed by atoms with E-state index in [-0.39, 0.29) is 28.1 Å². The lowest BCUT2D eigenvalue weighted by Crippen LogP contribution is -2.32. The summed E-state index contributed by atoms with van der Waals surface area (Å²) in [4.78, 5) is 21.7. The van der Waals surface area contributed by atoms with E-state index in [9.17, 15) is 24.4 Å². The highest BCUT2D eigenvalue weighted by atomic mass is 32.1. The van der Waals surface area contributed by atoms with Crippen LogP contribution in [-0.2, 0) is 4.79 Å². The van der Waals surface area contributed by atoms with Gasteiger partial charge >= 0.3 is 0 Å². The van der Waals surface area contributed by atoms with E-state index in [1.54, 1.807) is 0 Å². The Kier molecular flexibility index (Phi) is 5.75. The summed E-state index contributed by atoms with van der Waals surface area (Å²) in [6, 6.07) is 8.94. The number of halogens is 1. The van der Waals surface area contributed by atoms with E-state index in [2.05, 4.69) is 10.6 Å². The number of carbonyl (C=O) groups is 1. The van der Waals surface area contributed by atoms with Crippen molar-refractivity contribution in [2.75, 3.05) is 5.32 Å². The summed E-state index contributed by atoms with van der Waals surface area (Å²) in [5.74, 6) is -1.30. The minimum atomic E-state index is -0.649. The number of phenols is 1. The minimum Gasteiger partial charge on any atom is -0.506 e. The molecule has 0 aromatic heterocycles. The summed E-state index contributed by atoms with van der Waals surface area (Å²) in [7, 11) is 0. The molecular formula is C16H12FN3O4S. The first-order valence-corrected chi connectivity index (χ1v) is 7.29. The summed E-state index contributed by atoms with van der Waals surface area (Å²) in [5.41, 5.74) is 0.460. The molecule has 25 heavy (non-hydrogen) atoms. The van der Waals surface area contributed by atoms with E-state index in [1.807, 2.05) is 0 Å². The fraction of sp³-hybridized carbons (Fsp3) is 0. The van der Waals surface area contributed by atoms with E-state index >= 15 is 0 Å². The van der Waals surface area contributed by atoms with Crippen molar-refractivity contribution in [3.63, 3.8) is 0 Å².